The number of ketones is 1. The maximum Gasteiger partial charge on any atom is 0.176 e. The fourth-order valence-corrected chi connectivity index (χ4v) is 2.73. The Morgan fingerprint density at radius 2 is 1.95 bits per heavy atom. The average molecular weight is 276 g/mol. The van der Waals surface area contributed by atoms with E-state index in [1.165, 1.54) is 0 Å². The maximum absolute atomic E-state index is 12.4. The Bertz CT molecular complexity index is 463. The topological polar surface area (TPSA) is 32.8 Å². The van der Waals surface area contributed by atoms with Crippen LogP contribution >= 0.6 is 0 Å². The molecule has 1 fully saturated rings. The fraction of sp³-hybridized carbons (Fsp3) is 0.562. The zero-order valence-corrected chi connectivity index (χ0v) is 12.8. The molecule has 1 heterocycles. The van der Waals surface area contributed by atoms with E-state index < -0.39 is 0 Å². The summed E-state index contributed by atoms with van der Waals surface area (Å²) in [4.78, 5) is 17.0. The number of Topliss-reactive ketones (excluding diaryl/α,β-unsaturated/α-hetero) is 1. The van der Waals surface area contributed by atoms with Gasteiger partial charge >= 0.3 is 0 Å². The largest absolute Gasteiger partial charge is 0.497 e. The van der Waals surface area contributed by atoms with Crippen LogP contribution in [0.15, 0.2) is 24.3 Å². The Hall–Kier alpha value is -1.39. The van der Waals surface area contributed by atoms with Crippen molar-refractivity contribution in [3.05, 3.63) is 29.8 Å². The van der Waals surface area contributed by atoms with E-state index >= 15 is 0 Å². The molecular formula is C16H24N2O2. The van der Waals surface area contributed by atoms with Crippen molar-refractivity contribution in [2.45, 2.75) is 25.9 Å². The normalized spacial score (nSPS) is 24.6. The predicted octanol–water partition coefficient (Wildman–Crippen LogP) is 1.90. The molecule has 0 radical (unpaired) electrons. The van der Waals surface area contributed by atoms with Crippen molar-refractivity contribution in [2.75, 3.05) is 33.8 Å². The van der Waals surface area contributed by atoms with Gasteiger partial charge in [-0.1, -0.05) is 12.1 Å². The monoisotopic (exact) mass is 276 g/mol. The number of carbonyl (C=O) groups excluding carboxylic acids is 1. The molecule has 1 aliphatic rings. The van der Waals surface area contributed by atoms with Crippen LogP contribution in [-0.4, -0.2) is 61.5 Å². The summed E-state index contributed by atoms with van der Waals surface area (Å²) in [7, 11) is 3.77. The molecule has 0 spiro atoms. The third-order valence-corrected chi connectivity index (χ3v) is 4.19. The fourth-order valence-electron chi connectivity index (χ4n) is 2.73. The van der Waals surface area contributed by atoms with Gasteiger partial charge in [-0.3, -0.25) is 14.6 Å². The van der Waals surface area contributed by atoms with Crippen LogP contribution in [0, 0.1) is 0 Å². The van der Waals surface area contributed by atoms with Gasteiger partial charge in [0.1, 0.15) is 5.75 Å². The Labute approximate surface area is 121 Å². The molecule has 4 nitrogen and oxygen atoms in total. The zero-order valence-electron chi connectivity index (χ0n) is 12.8. The SMILES string of the molecule is COc1cccc(C(=O)CN2CC(C)N(C)C(C)C2)c1. The van der Waals surface area contributed by atoms with Crippen molar-refractivity contribution >= 4 is 5.78 Å². The number of benzene rings is 1. The minimum atomic E-state index is 0.160. The Kier molecular flexibility index (Phi) is 4.78. The highest BCUT2D eigenvalue weighted by molar-refractivity contribution is 5.97. The number of nitrogens with zero attached hydrogens (tertiary/aromatic N) is 2. The molecule has 0 N–H and O–H groups in total. The summed E-state index contributed by atoms with van der Waals surface area (Å²) in [6.45, 7) is 6.78. The zero-order chi connectivity index (χ0) is 14.7. The first-order valence-corrected chi connectivity index (χ1v) is 7.12. The standard InChI is InChI=1S/C16H24N2O2/c1-12-9-18(10-13(2)17(12)3)11-16(19)14-6-5-7-15(8-14)20-4/h5-8,12-13H,9-11H2,1-4H3. The Morgan fingerprint density at radius 3 is 2.55 bits per heavy atom. The van der Waals surface area contributed by atoms with E-state index in [1.807, 2.05) is 24.3 Å². The summed E-state index contributed by atoms with van der Waals surface area (Å²) >= 11 is 0. The molecule has 1 aliphatic heterocycles. The van der Waals surface area contributed by atoms with E-state index in [-0.39, 0.29) is 5.78 Å². The van der Waals surface area contributed by atoms with Gasteiger partial charge < -0.3 is 4.74 Å². The number of methoxy groups -OCH3 is 1. The van der Waals surface area contributed by atoms with Crippen LogP contribution in [0.1, 0.15) is 24.2 Å². The van der Waals surface area contributed by atoms with Gasteiger partial charge in [0.15, 0.2) is 5.78 Å². The number of rotatable bonds is 4. The minimum absolute atomic E-state index is 0.160. The van der Waals surface area contributed by atoms with Gasteiger partial charge in [-0.15, -0.1) is 0 Å². The van der Waals surface area contributed by atoms with E-state index in [2.05, 4.69) is 30.7 Å². The Balaban J connectivity index is 2.00. The lowest BCUT2D eigenvalue weighted by Crippen LogP contribution is -2.55. The highest BCUT2D eigenvalue weighted by Gasteiger charge is 2.27. The summed E-state index contributed by atoms with van der Waals surface area (Å²) in [5, 5.41) is 0. The molecule has 0 aromatic heterocycles. The van der Waals surface area contributed by atoms with Crippen LogP contribution in [0.2, 0.25) is 0 Å². The molecule has 110 valence electrons. The summed E-state index contributed by atoms with van der Waals surface area (Å²) in [5.74, 6) is 0.892. The van der Waals surface area contributed by atoms with Gasteiger partial charge in [0.05, 0.1) is 13.7 Å². The van der Waals surface area contributed by atoms with Gasteiger partial charge in [-0.25, -0.2) is 0 Å². The lowest BCUT2D eigenvalue weighted by Gasteiger charge is -2.42. The molecular weight excluding hydrogens is 252 g/mol. The minimum Gasteiger partial charge on any atom is -0.497 e. The van der Waals surface area contributed by atoms with Gasteiger partial charge in [0.2, 0.25) is 0 Å². The number of hydrogen-bond donors (Lipinski definition) is 0. The van der Waals surface area contributed by atoms with Gasteiger partial charge in [-0.05, 0) is 33.0 Å². The molecule has 4 heteroatoms. The van der Waals surface area contributed by atoms with Crippen molar-refractivity contribution in [3.63, 3.8) is 0 Å². The quantitative estimate of drug-likeness (QED) is 0.786. The first-order valence-electron chi connectivity index (χ1n) is 7.12. The number of piperazine rings is 1. The number of carbonyl (C=O) groups is 1. The van der Waals surface area contributed by atoms with Gasteiger partial charge in [0, 0.05) is 30.7 Å². The van der Waals surface area contributed by atoms with Gasteiger partial charge in [-0.2, -0.15) is 0 Å². The molecule has 2 atom stereocenters. The third-order valence-electron chi connectivity index (χ3n) is 4.19. The second kappa shape index (κ2) is 6.37. The predicted molar refractivity (Wildman–Crippen MR) is 80.5 cm³/mol. The highest BCUT2D eigenvalue weighted by atomic mass is 16.5. The molecule has 0 bridgehead atoms. The second-order valence-electron chi connectivity index (χ2n) is 5.71. The molecule has 2 unspecified atom stereocenters. The number of hydrogen-bond acceptors (Lipinski definition) is 4. The average Bonchev–Trinajstić information content (AvgIpc) is 2.44. The summed E-state index contributed by atoms with van der Waals surface area (Å²) in [5.41, 5.74) is 0.726. The van der Waals surface area contributed by atoms with Crippen LogP contribution in [0.4, 0.5) is 0 Å². The second-order valence-corrected chi connectivity index (χ2v) is 5.71. The number of likely N-dealkylation sites (N-methyl/N-ethyl adjacent to an activating group) is 1. The van der Waals surface area contributed by atoms with Crippen molar-refractivity contribution in [3.8, 4) is 5.75 Å². The third kappa shape index (κ3) is 3.38. The van der Waals surface area contributed by atoms with Crippen LogP contribution in [0.5, 0.6) is 5.75 Å². The van der Waals surface area contributed by atoms with Gasteiger partial charge in [0.25, 0.3) is 0 Å². The summed E-state index contributed by atoms with van der Waals surface area (Å²) < 4.78 is 5.17. The van der Waals surface area contributed by atoms with E-state index in [9.17, 15) is 4.79 Å². The molecule has 1 saturated heterocycles. The van der Waals surface area contributed by atoms with Crippen molar-refractivity contribution in [1.82, 2.24) is 9.80 Å². The van der Waals surface area contributed by atoms with Crippen LogP contribution in [-0.2, 0) is 0 Å². The first-order chi connectivity index (χ1) is 9.51. The number of ether oxygens (including phenoxy) is 1. The first kappa shape index (κ1) is 15.0. The lowest BCUT2D eigenvalue weighted by atomic mass is 10.1. The molecule has 1 aromatic rings. The van der Waals surface area contributed by atoms with Crippen molar-refractivity contribution < 1.29 is 9.53 Å². The highest BCUT2D eigenvalue weighted by Crippen LogP contribution is 2.16. The summed E-state index contributed by atoms with van der Waals surface area (Å²) in [6.07, 6.45) is 0. The van der Waals surface area contributed by atoms with Crippen LogP contribution < -0.4 is 4.74 Å². The molecule has 0 saturated carbocycles. The molecule has 1 aromatic carbocycles. The van der Waals surface area contributed by atoms with E-state index in [4.69, 9.17) is 4.74 Å². The molecule has 0 amide bonds. The molecule has 2 rings (SSSR count). The van der Waals surface area contributed by atoms with E-state index in [0.29, 0.717) is 18.6 Å². The molecule has 0 aliphatic carbocycles. The summed E-state index contributed by atoms with van der Waals surface area (Å²) in [6, 6.07) is 8.35. The van der Waals surface area contributed by atoms with Crippen LogP contribution in [0.25, 0.3) is 0 Å². The van der Waals surface area contributed by atoms with Crippen LogP contribution in [0.3, 0.4) is 0 Å². The van der Waals surface area contributed by atoms with E-state index in [0.717, 1.165) is 24.4 Å². The Morgan fingerprint density at radius 1 is 1.30 bits per heavy atom. The smallest absolute Gasteiger partial charge is 0.176 e. The van der Waals surface area contributed by atoms with Crippen molar-refractivity contribution in [1.29, 1.82) is 0 Å². The molecule has 20 heavy (non-hydrogen) atoms. The maximum atomic E-state index is 12.4. The van der Waals surface area contributed by atoms with Crippen molar-refractivity contribution in [2.24, 2.45) is 0 Å². The lowest BCUT2D eigenvalue weighted by molar-refractivity contribution is 0.0549. The van der Waals surface area contributed by atoms with E-state index in [1.54, 1.807) is 7.11 Å².